The third-order valence-corrected chi connectivity index (χ3v) is 6.21. The molecule has 0 bridgehead atoms. The highest BCUT2D eigenvalue weighted by molar-refractivity contribution is 6.53. The van der Waals surface area contributed by atoms with Crippen molar-refractivity contribution < 1.29 is 19.1 Å². The average molecular weight is 495 g/mol. The summed E-state index contributed by atoms with van der Waals surface area (Å²) in [7, 11) is 0. The van der Waals surface area contributed by atoms with Gasteiger partial charge in [0.1, 0.15) is 10.7 Å². The quantitative estimate of drug-likeness (QED) is 0.584. The zero-order valence-corrected chi connectivity index (χ0v) is 18.9. The second-order valence-corrected chi connectivity index (χ2v) is 8.47. The number of halogens is 3. The Labute approximate surface area is 199 Å². The third kappa shape index (κ3) is 4.61. The third-order valence-electron chi connectivity index (χ3n) is 5.12. The molecule has 4 rings (SSSR count). The van der Waals surface area contributed by atoms with Crippen molar-refractivity contribution in [1.82, 2.24) is 5.32 Å². The van der Waals surface area contributed by atoms with Crippen molar-refractivity contribution in [1.29, 1.82) is 0 Å². The van der Waals surface area contributed by atoms with Gasteiger partial charge in [0.15, 0.2) is 0 Å². The Kier molecular flexibility index (Phi) is 6.71. The number of rotatable bonds is 6. The average Bonchev–Trinajstić information content (AvgIpc) is 3.38. The van der Waals surface area contributed by atoms with Gasteiger partial charge < -0.3 is 15.4 Å². The van der Waals surface area contributed by atoms with Gasteiger partial charge in [0.05, 0.1) is 21.8 Å². The number of benzene rings is 2. The van der Waals surface area contributed by atoms with Gasteiger partial charge in [-0.3, -0.25) is 14.4 Å². The fraction of sp³-hybridized carbons (Fsp3) is 0.227. The van der Waals surface area contributed by atoms with E-state index in [1.165, 1.54) is 18.2 Å². The molecule has 1 fully saturated rings. The number of nitrogens with zero attached hydrogens (tertiary/aromatic N) is 1. The van der Waals surface area contributed by atoms with Gasteiger partial charge in [-0.25, -0.2) is 4.90 Å². The molecule has 166 valence electrons. The maximum absolute atomic E-state index is 12.9. The van der Waals surface area contributed by atoms with E-state index in [0.717, 1.165) is 24.3 Å². The summed E-state index contributed by atoms with van der Waals surface area (Å²) in [5.41, 5.74) is 1.13. The summed E-state index contributed by atoms with van der Waals surface area (Å²) in [6, 6.07) is 10.9. The molecule has 2 aliphatic heterocycles. The standard InChI is InChI=1S/C22H18Cl3N3O4/c23-16-8-7-14(10-17(16)24)28-21(30)18(25)19(22(28)31)27-13-5-3-12(4-6-13)20(29)26-11-15-2-1-9-32-15/h3-8,10,15,27H,1-2,9,11H2,(H,26,29). The van der Waals surface area contributed by atoms with Gasteiger partial charge in [0, 0.05) is 24.4 Å². The maximum atomic E-state index is 12.9. The van der Waals surface area contributed by atoms with Crippen LogP contribution in [0.1, 0.15) is 23.2 Å². The Hall–Kier alpha value is -2.58. The van der Waals surface area contributed by atoms with Crippen LogP contribution in [0.15, 0.2) is 53.2 Å². The molecule has 0 spiro atoms. The Morgan fingerprint density at radius 3 is 2.44 bits per heavy atom. The van der Waals surface area contributed by atoms with Crippen molar-refractivity contribution in [3.05, 3.63) is 68.8 Å². The van der Waals surface area contributed by atoms with Crippen molar-refractivity contribution in [2.45, 2.75) is 18.9 Å². The van der Waals surface area contributed by atoms with Crippen LogP contribution >= 0.6 is 34.8 Å². The van der Waals surface area contributed by atoms with E-state index in [2.05, 4.69) is 10.6 Å². The van der Waals surface area contributed by atoms with Gasteiger partial charge in [-0.15, -0.1) is 0 Å². The minimum Gasteiger partial charge on any atom is -0.376 e. The highest BCUT2D eigenvalue weighted by Gasteiger charge is 2.39. The van der Waals surface area contributed by atoms with Crippen LogP contribution in [0.4, 0.5) is 11.4 Å². The molecule has 3 amide bonds. The van der Waals surface area contributed by atoms with Crippen molar-refractivity contribution in [2.75, 3.05) is 23.4 Å². The summed E-state index contributed by atoms with van der Waals surface area (Å²) >= 11 is 18.1. The summed E-state index contributed by atoms with van der Waals surface area (Å²) < 4.78 is 5.49. The molecule has 2 aliphatic rings. The Bertz CT molecular complexity index is 1110. The van der Waals surface area contributed by atoms with Crippen LogP contribution < -0.4 is 15.5 Å². The molecule has 1 unspecified atom stereocenters. The van der Waals surface area contributed by atoms with Gasteiger partial charge in [0.2, 0.25) is 0 Å². The fourth-order valence-electron chi connectivity index (χ4n) is 3.43. The molecule has 0 aliphatic carbocycles. The molecule has 0 saturated carbocycles. The number of carbonyl (C=O) groups is 3. The molecular formula is C22H18Cl3N3O4. The van der Waals surface area contributed by atoms with Crippen LogP contribution in [0.2, 0.25) is 10.0 Å². The van der Waals surface area contributed by atoms with E-state index in [1.54, 1.807) is 24.3 Å². The largest absolute Gasteiger partial charge is 0.376 e. The first kappa shape index (κ1) is 22.6. The number of nitrogens with one attached hydrogen (secondary N) is 2. The molecule has 2 heterocycles. The van der Waals surface area contributed by atoms with Crippen LogP contribution in [0.5, 0.6) is 0 Å². The number of carbonyl (C=O) groups excluding carboxylic acids is 3. The normalized spacial score (nSPS) is 18.5. The highest BCUT2D eigenvalue weighted by atomic mass is 35.5. The van der Waals surface area contributed by atoms with Gasteiger partial charge >= 0.3 is 0 Å². The van der Waals surface area contributed by atoms with Crippen LogP contribution in [0.3, 0.4) is 0 Å². The molecule has 1 saturated heterocycles. The lowest BCUT2D eigenvalue weighted by molar-refractivity contribution is -0.120. The Morgan fingerprint density at radius 1 is 1.03 bits per heavy atom. The molecule has 2 aromatic carbocycles. The lowest BCUT2D eigenvalue weighted by atomic mass is 10.1. The molecule has 32 heavy (non-hydrogen) atoms. The van der Waals surface area contributed by atoms with E-state index in [9.17, 15) is 14.4 Å². The van der Waals surface area contributed by atoms with Gasteiger partial charge in [-0.1, -0.05) is 34.8 Å². The molecule has 2 aromatic rings. The fourth-order valence-corrected chi connectivity index (χ4v) is 3.94. The molecule has 1 atom stereocenters. The number of anilines is 2. The number of imide groups is 1. The van der Waals surface area contributed by atoms with Crippen molar-refractivity contribution in [3.63, 3.8) is 0 Å². The second-order valence-electron chi connectivity index (χ2n) is 7.28. The summed E-state index contributed by atoms with van der Waals surface area (Å²) in [4.78, 5) is 38.7. The van der Waals surface area contributed by atoms with E-state index in [-0.39, 0.29) is 33.5 Å². The first-order valence-electron chi connectivity index (χ1n) is 9.85. The van der Waals surface area contributed by atoms with E-state index in [4.69, 9.17) is 39.5 Å². The minimum absolute atomic E-state index is 0.0540. The van der Waals surface area contributed by atoms with E-state index in [1.807, 2.05) is 0 Å². The number of hydrogen-bond acceptors (Lipinski definition) is 5. The molecule has 10 heteroatoms. The van der Waals surface area contributed by atoms with Crippen LogP contribution in [0, 0.1) is 0 Å². The van der Waals surface area contributed by atoms with Gasteiger partial charge in [0.25, 0.3) is 17.7 Å². The summed E-state index contributed by atoms with van der Waals surface area (Å²) in [5.74, 6) is -1.53. The van der Waals surface area contributed by atoms with Gasteiger partial charge in [-0.05, 0) is 55.3 Å². The topological polar surface area (TPSA) is 87.7 Å². The van der Waals surface area contributed by atoms with Crippen molar-refractivity contribution in [2.24, 2.45) is 0 Å². The molecular weight excluding hydrogens is 477 g/mol. The van der Waals surface area contributed by atoms with Crippen LogP contribution in [0.25, 0.3) is 0 Å². The zero-order chi connectivity index (χ0) is 22.8. The van der Waals surface area contributed by atoms with E-state index in [0.29, 0.717) is 22.8 Å². The molecule has 0 aromatic heterocycles. The summed E-state index contributed by atoms with van der Waals surface area (Å²) in [6.45, 7) is 1.19. The lowest BCUT2D eigenvalue weighted by Gasteiger charge is -2.16. The second kappa shape index (κ2) is 9.50. The predicted octanol–water partition coefficient (Wildman–Crippen LogP) is 4.34. The maximum Gasteiger partial charge on any atom is 0.283 e. The first-order chi connectivity index (χ1) is 15.3. The molecule has 2 N–H and O–H groups in total. The van der Waals surface area contributed by atoms with E-state index < -0.39 is 11.8 Å². The predicted molar refractivity (Wildman–Crippen MR) is 123 cm³/mol. The zero-order valence-electron chi connectivity index (χ0n) is 16.7. The minimum atomic E-state index is -0.678. The van der Waals surface area contributed by atoms with Gasteiger partial charge in [-0.2, -0.15) is 0 Å². The molecule has 0 radical (unpaired) electrons. The smallest absolute Gasteiger partial charge is 0.283 e. The van der Waals surface area contributed by atoms with Crippen molar-refractivity contribution >= 4 is 63.9 Å². The van der Waals surface area contributed by atoms with Crippen molar-refractivity contribution in [3.8, 4) is 0 Å². The lowest BCUT2D eigenvalue weighted by Crippen LogP contribution is -2.32. The summed E-state index contributed by atoms with van der Waals surface area (Å²) in [5, 5.41) is 5.96. The monoisotopic (exact) mass is 493 g/mol. The SMILES string of the molecule is O=C(NCC1CCCO1)c1ccc(NC2=C(Cl)C(=O)N(c3ccc(Cl)c(Cl)c3)C2=O)cc1. The Balaban J connectivity index is 1.43. The van der Waals surface area contributed by atoms with Crippen LogP contribution in [-0.2, 0) is 14.3 Å². The number of ether oxygens (including phenoxy) is 1. The first-order valence-corrected chi connectivity index (χ1v) is 11.0. The molecule has 7 nitrogen and oxygen atoms in total. The summed E-state index contributed by atoms with van der Waals surface area (Å²) in [6.07, 6.45) is 1.99. The highest BCUT2D eigenvalue weighted by Crippen LogP contribution is 2.33. The van der Waals surface area contributed by atoms with Crippen LogP contribution in [-0.4, -0.2) is 37.0 Å². The number of hydrogen-bond donors (Lipinski definition) is 2. The van der Waals surface area contributed by atoms with E-state index >= 15 is 0 Å². The Morgan fingerprint density at radius 2 is 1.78 bits per heavy atom. The number of amides is 3.